The number of rotatable bonds is 4. The zero-order chi connectivity index (χ0) is 16.4. The molecule has 0 radical (unpaired) electrons. The highest BCUT2D eigenvalue weighted by atomic mass is 16.6. The molecule has 1 aliphatic rings. The third kappa shape index (κ3) is 3.03. The Kier molecular flexibility index (Phi) is 3.78. The number of fused-ring (bicyclic) bond motifs is 2. The van der Waals surface area contributed by atoms with Gasteiger partial charge in [-0.2, -0.15) is 0 Å². The zero-order valence-electron chi connectivity index (χ0n) is 13.0. The summed E-state index contributed by atoms with van der Waals surface area (Å²) in [7, 11) is 0. The quantitative estimate of drug-likeness (QED) is 0.690. The summed E-state index contributed by atoms with van der Waals surface area (Å²) in [4.78, 5) is 16.4. The van der Waals surface area contributed by atoms with Gasteiger partial charge in [-0.1, -0.05) is 12.1 Å². The van der Waals surface area contributed by atoms with Crippen LogP contribution in [0.4, 0.5) is 0 Å². The van der Waals surface area contributed by atoms with Crippen molar-refractivity contribution in [3.8, 4) is 11.5 Å². The summed E-state index contributed by atoms with van der Waals surface area (Å²) < 4.78 is 18.2. The summed E-state index contributed by atoms with van der Waals surface area (Å²) in [6.45, 7) is 1.23. The number of imidazole rings is 1. The standard InChI is InChI=1S/C18H16N2O4/c21-18(10-13-4-5-15-16(9-13)23-8-7-22-15)24-12-14-11-20-6-2-1-3-17(20)19-14/h1-6,9,11H,7-8,10,12H2. The van der Waals surface area contributed by atoms with Gasteiger partial charge in [-0.3, -0.25) is 4.79 Å². The van der Waals surface area contributed by atoms with Gasteiger partial charge < -0.3 is 18.6 Å². The van der Waals surface area contributed by atoms with Crippen LogP contribution >= 0.6 is 0 Å². The van der Waals surface area contributed by atoms with Crippen molar-refractivity contribution in [2.24, 2.45) is 0 Å². The SMILES string of the molecule is O=C(Cc1ccc2c(c1)OCCO2)OCc1cn2ccccc2n1. The van der Waals surface area contributed by atoms with E-state index in [4.69, 9.17) is 14.2 Å². The van der Waals surface area contributed by atoms with Gasteiger partial charge in [0.15, 0.2) is 11.5 Å². The molecule has 0 amide bonds. The molecule has 0 saturated heterocycles. The monoisotopic (exact) mass is 324 g/mol. The highest BCUT2D eigenvalue weighted by Gasteiger charge is 2.14. The summed E-state index contributed by atoms with van der Waals surface area (Å²) in [6, 6.07) is 11.2. The normalized spacial score (nSPS) is 13.0. The van der Waals surface area contributed by atoms with Crippen LogP contribution in [0.1, 0.15) is 11.3 Å². The zero-order valence-corrected chi connectivity index (χ0v) is 13.0. The van der Waals surface area contributed by atoms with Crippen LogP contribution in [0.5, 0.6) is 11.5 Å². The topological polar surface area (TPSA) is 62.1 Å². The van der Waals surface area contributed by atoms with Gasteiger partial charge in [-0.25, -0.2) is 4.98 Å². The number of benzene rings is 1. The summed E-state index contributed by atoms with van der Waals surface area (Å²) in [5.74, 6) is 1.08. The molecule has 0 bridgehead atoms. The van der Waals surface area contributed by atoms with Crippen molar-refractivity contribution in [2.45, 2.75) is 13.0 Å². The van der Waals surface area contributed by atoms with Crippen molar-refractivity contribution in [3.05, 3.63) is 60.0 Å². The van der Waals surface area contributed by atoms with E-state index >= 15 is 0 Å². The second-order valence-electron chi connectivity index (χ2n) is 5.51. The lowest BCUT2D eigenvalue weighted by atomic mass is 10.1. The Labute approximate surface area is 138 Å². The first-order valence-corrected chi connectivity index (χ1v) is 7.75. The van der Waals surface area contributed by atoms with Crippen LogP contribution in [0, 0.1) is 0 Å². The van der Waals surface area contributed by atoms with Gasteiger partial charge in [-0.15, -0.1) is 0 Å². The van der Waals surface area contributed by atoms with Crippen LogP contribution in [0.3, 0.4) is 0 Å². The maximum atomic E-state index is 12.0. The van der Waals surface area contributed by atoms with Gasteiger partial charge in [-0.05, 0) is 29.8 Å². The average molecular weight is 324 g/mol. The van der Waals surface area contributed by atoms with E-state index in [1.807, 2.05) is 53.2 Å². The first kappa shape index (κ1) is 14.6. The number of carbonyl (C=O) groups is 1. The fourth-order valence-corrected chi connectivity index (χ4v) is 2.63. The fraction of sp³-hybridized carbons (Fsp3) is 0.222. The van der Waals surface area contributed by atoms with E-state index in [-0.39, 0.29) is 19.0 Å². The highest BCUT2D eigenvalue weighted by Crippen LogP contribution is 2.30. The number of pyridine rings is 1. The molecule has 2 aromatic heterocycles. The van der Waals surface area contributed by atoms with Crippen molar-refractivity contribution >= 4 is 11.6 Å². The Hall–Kier alpha value is -3.02. The van der Waals surface area contributed by atoms with Crippen LogP contribution in [0.25, 0.3) is 5.65 Å². The molecular weight excluding hydrogens is 308 g/mol. The molecule has 6 nitrogen and oxygen atoms in total. The number of ether oxygens (including phenoxy) is 3. The van der Waals surface area contributed by atoms with Crippen LogP contribution in [-0.4, -0.2) is 28.6 Å². The molecule has 0 saturated carbocycles. The molecular formula is C18H16N2O4. The number of hydrogen-bond donors (Lipinski definition) is 0. The fourth-order valence-electron chi connectivity index (χ4n) is 2.63. The van der Waals surface area contributed by atoms with Gasteiger partial charge in [0.25, 0.3) is 0 Å². The molecule has 3 aromatic rings. The largest absolute Gasteiger partial charge is 0.486 e. The Balaban J connectivity index is 1.38. The van der Waals surface area contributed by atoms with Crippen molar-refractivity contribution in [3.63, 3.8) is 0 Å². The van der Waals surface area contributed by atoms with Crippen molar-refractivity contribution < 1.29 is 19.0 Å². The minimum Gasteiger partial charge on any atom is -0.486 e. The van der Waals surface area contributed by atoms with Crippen molar-refractivity contribution in [2.75, 3.05) is 13.2 Å². The maximum Gasteiger partial charge on any atom is 0.310 e. The predicted molar refractivity (Wildman–Crippen MR) is 86.1 cm³/mol. The molecule has 6 heteroatoms. The Morgan fingerprint density at radius 3 is 2.92 bits per heavy atom. The molecule has 1 aliphatic heterocycles. The first-order valence-electron chi connectivity index (χ1n) is 7.75. The molecule has 0 atom stereocenters. The molecule has 0 N–H and O–H groups in total. The second kappa shape index (κ2) is 6.23. The minimum atomic E-state index is -0.302. The van der Waals surface area contributed by atoms with Gasteiger partial charge in [0.1, 0.15) is 25.5 Å². The van der Waals surface area contributed by atoms with E-state index in [0.717, 1.165) is 16.9 Å². The number of nitrogens with zero attached hydrogens (tertiary/aromatic N) is 2. The van der Waals surface area contributed by atoms with E-state index in [1.54, 1.807) is 0 Å². The molecule has 122 valence electrons. The van der Waals surface area contributed by atoms with Crippen LogP contribution < -0.4 is 9.47 Å². The van der Waals surface area contributed by atoms with Gasteiger partial charge in [0.05, 0.1) is 12.1 Å². The lowest BCUT2D eigenvalue weighted by Gasteiger charge is -2.18. The summed E-state index contributed by atoms with van der Waals surface area (Å²) in [5.41, 5.74) is 2.38. The van der Waals surface area contributed by atoms with Gasteiger partial charge in [0.2, 0.25) is 0 Å². The minimum absolute atomic E-state index is 0.158. The van der Waals surface area contributed by atoms with E-state index in [2.05, 4.69) is 4.98 Å². The number of esters is 1. The molecule has 0 unspecified atom stereocenters. The number of hydrogen-bond acceptors (Lipinski definition) is 5. The van der Waals surface area contributed by atoms with Gasteiger partial charge in [0, 0.05) is 12.4 Å². The molecule has 0 aliphatic carbocycles. The summed E-state index contributed by atoms with van der Waals surface area (Å²) >= 11 is 0. The molecule has 0 fully saturated rings. The number of aromatic nitrogens is 2. The van der Waals surface area contributed by atoms with Gasteiger partial charge >= 0.3 is 5.97 Å². The predicted octanol–water partition coefficient (Wildman–Crippen LogP) is 2.39. The maximum absolute atomic E-state index is 12.0. The van der Waals surface area contributed by atoms with E-state index < -0.39 is 0 Å². The number of carbonyl (C=O) groups excluding carboxylic acids is 1. The van der Waals surface area contributed by atoms with Crippen LogP contribution in [-0.2, 0) is 22.6 Å². The van der Waals surface area contributed by atoms with Crippen LogP contribution in [0.2, 0.25) is 0 Å². The molecule has 4 rings (SSSR count). The van der Waals surface area contributed by atoms with Crippen molar-refractivity contribution in [1.29, 1.82) is 0 Å². The van der Waals surface area contributed by atoms with E-state index in [0.29, 0.717) is 24.7 Å². The Morgan fingerprint density at radius 2 is 2.04 bits per heavy atom. The smallest absolute Gasteiger partial charge is 0.310 e. The third-order valence-corrected chi connectivity index (χ3v) is 3.75. The second-order valence-corrected chi connectivity index (χ2v) is 5.51. The lowest BCUT2D eigenvalue weighted by Crippen LogP contribution is -2.16. The Bertz CT molecular complexity index is 855. The molecule has 3 heterocycles. The van der Waals surface area contributed by atoms with Crippen LogP contribution in [0.15, 0.2) is 48.8 Å². The first-order chi connectivity index (χ1) is 11.8. The van der Waals surface area contributed by atoms with E-state index in [9.17, 15) is 4.79 Å². The average Bonchev–Trinajstić information content (AvgIpc) is 3.03. The van der Waals surface area contributed by atoms with Crippen molar-refractivity contribution in [1.82, 2.24) is 9.38 Å². The third-order valence-electron chi connectivity index (χ3n) is 3.75. The molecule has 0 spiro atoms. The molecule has 24 heavy (non-hydrogen) atoms. The van der Waals surface area contributed by atoms with E-state index in [1.165, 1.54) is 0 Å². The lowest BCUT2D eigenvalue weighted by molar-refractivity contribution is -0.144. The molecule has 1 aromatic carbocycles. The highest BCUT2D eigenvalue weighted by molar-refractivity contribution is 5.73. The summed E-state index contributed by atoms with van der Waals surface area (Å²) in [6.07, 6.45) is 3.94. The summed E-state index contributed by atoms with van der Waals surface area (Å²) in [5, 5.41) is 0. The Morgan fingerprint density at radius 1 is 1.17 bits per heavy atom.